The van der Waals surface area contributed by atoms with Crippen LogP contribution in [0.25, 0.3) is 0 Å². The molecule has 0 unspecified atom stereocenters. The third-order valence-electron chi connectivity index (χ3n) is 2.27. The second-order valence-electron chi connectivity index (χ2n) is 3.67. The van der Waals surface area contributed by atoms with Gasteiger partial charge < -0.3 is 5.32 Å². The largest absolute Gasteiger partial charge is 0.326 e. The normalized spacial score (nSPS) is 10.1. The Kier molecular flexibility index (Phi) is 3.62. The van der Waals surface area contributed by atoms with Crippen molar-refractivity contribution < 1.29 is 13.6 Å². The highest BCUT2D eigenvalue weighted by Crippen LogP contribution is 2.13. The Bertz CT molecular complexity index is 558. The molecular formula is C13H10F2N2O. The van der Waals surface area contributed by atoms with E-state index in [0.29, 0.717) is 5.69 Å². The predicted molar refractivity (Wildman–Crippen MR) is 62.9 cm³/mol. The highest BCUT2D eigenvalue weighted by molar-refractivity contribution is 5.91. The molecule has 0 saturated heterocycles. The number of carbonyl (C=O) groups is 1. The summed E-state index contributed by atoms with van der Waals surface area (Å²) in [4.78, 5) is 15.6. The molecule has 0 aliphatic rings. The van der Waals surface area contributed by atoms with Crippen LogP contribution in [0, 0.1) is 11.6 Å². The van der Waals surface area contributed by atoms with Crippen LogP contribution in [0.4, 0.5) is 14.5 Å². The number of hydrogen-bond acceptors (Lipinski definition) is 2. The van der Waals surface area contributed by atoms with Crippen LogP contribution in [-0.4, -0.2) is 10.9 Å². The van der Waals surface area contributed by atoms with Crippen LogP contribution in [0.3, 0.4) is 0 Å². The number of benzene rings is 1. The van der Waals surface area contributed by atoms with E-state index in [2.05, 4.69) is 10.3 Å². The van der Waals surface area contributed by atoms with Gasteiger partial charge in [0.25, 0.3) is 0 Å². The minimum Gasteiger partial charge on any atom is -0.326 e. The average molecular weight is 248 g/mol. The number of nitrogens with zero attached hydrogens (tertiary/aromatic N) is 1. The van der Waals surface area contributed by atoms with Crippen LogP contribution < -0.4 is 5.32 Å². The van der Waals surface area contributed by atoms with Crippen molar-refractivity contribution >= 4 is 11.6 Å². The van der Waals surface area contributed by atoms with Gasteiger partial charge >= 0.3 is 0 Å². The van der Waals surface area contributed by atoms with Crippen LogP contribution in [0.1, 0.15) is 5.69 Å². The molecule has 3 nitrogen and oxygen atoms in total. The van der Waals surface area contributed by atoms with Crippen LogP contribution in [0.2, 0.25) is 0 Å². The van der Waals surface area contributed by atoms with Crippen molar-refractivity contribution in [2.45, 2.75) is 6.42 Å². The van der Waals surface area contributed by atoms with E-state index in [1.54, 1.807) is 24.4 Å². The van der Waals surface area contributed by atoms with Crippen LogP contribution in [0.5, 0.6) is 0 Å². The number of rotatable bonds is 3. The van der Waals surface area contributed by atoms with Gasteiger partial charge in [-0.2, -0.15) is 0 Å². The zero-order valence-electron chi connectivity index (χ0n) is 9.36. The maximum Gasteiger partial charge on any atom is 0.230 e. The van der Waals surface area contributed by atoms with Gasteiger partial charge in [0.15, 0.2) is 11.6 Å². The fourth-order valence-corrected chi connectivity index (χ4v) is 1.45. The second kappa shape index (κ2) is 5.35. The number of hydrogen-bond donors (Lipinski definition) is 1. The van der Waals surface area contributed by atoms with Gasteiger partial charge in [-0.3, -0.25) is 9.78 Å². The topological polar surface area (TPSA) is 42.0 Å². The summed E-state index contributed by atoms with van der Waals surface area (Å²) in [7, 11) is 0. The Balaban J connectivity index is 2.01. The van der Waals surface area contributed by atoms with Crippen molar-refractivity contribution in [3.8, 4) is 0 Å². The number of aromatic nitrogens is 1. The average Bonchev–Trinajstić information content (AvgIpc) is 2.35. The lowest BCUT2D eigenvalue weighted by molar-refractivity contribution is -0.115. The Morgan fingerprint density at radius 3 is 2.67 bits per heavy atom. The summed E-state index contributed by atoms with van der Waals surface area (Å²) in [6.07, 6.45) is 1.67. The number of pyridine rings is 1. The standard InChI is InChI=1S/C13H10F2N2O/c14-11-5-4-10(7-12(11)15)17-13(18)8-9-3-1-2-6-16-9/h1-7H,8H2,(H,17,18). The molecule has 1 aromatic heterocycles. The van der Waals surface area contributed by atoms with E-state index in [9.17, 15) is 13.6 Å². The summed E-state index contributed by atoms with van der Waals surface area (Å²) in [5.74, 6) is -2.27. The third-order valence-corrected chi connectivity index (χ3v) is 2.27. The Labute approximate surface area is 102 Å². The van der Waals surface area contributed by atoms with Crippen molar-refractivity contribution in [3.05, 3.63) is 59.9 Å². The van der Waals surface area contributed by atoms with Gasteiger partial charge in [-0.1, -0.05) is 6.07 Å². The van der Waals surface area contributed by atoms with E-state index in [0.717, 1.165) is 12.1 Å². The predicted octanol–water partition coefficient (Wildman–Crippen LogP) is 2.54. The molecule has 0 bridgehead atoms. The molecule has 0 radical (unpaired) electrons. The SMILES string of the molecule is O=C(Cc1ccccn1)Nc1ccc(F)c(F)c1. The van der Waals surface area contributed by atoms with Crippen molar-refractivity contribution in [1.82, 2.24) is 4.98 Å². The molecule has 1 N–H and O–H groups in total. The molecule has 1 aromatic carbocycles. The van der Waals surface area contributed by atoms with E-state index in [1.165, 1.54) is 6.07 Å². The maximum absolute atomic E-state index is 12.9. The molecule has 2 rings (SSSR count). The first-order chi connectivity index (χ1) is 8.65. The highest BCUT2D eigenvalue weighted by atomic mass is 19.2. The maximum atomic E-state index is 12.9. The molecule has 0 aliphatic carbocycles. The molecule has 0 atom stereocenters. The minimum atomic E-state index is -0.995. The van der Waals surface area contributed by atoms with Crippen molar-refractivity contribution in [2.75, 3.05) is 5.32 Å². The summed E-state index contributed by atoms with van der Waals surface area (Å²) < 4.78 is 25.6. The Hall–Kier alpha value is -2.30. The monoisotopic (exact) mass is 248 g/mol. The number of carbonyl (C=O) groups excluding carboxylic acids is 1. The first-order valence-electron chi connectivity index (χ1n) is 5.30. The van der Waals surface area contributed by atoms with E-state index in [1.807, 2.05) is 0 Å². The quantitative estimate of drug-likeness (QED) is 0.906. The molecule has 0 fully saturated rings. The molecule has 18 heavy (non-hydrogen) atoms. The van der Waals surface area contributed by atoms with Crippen molar-refractivity contribution in [3.63, 3.8) is 0 Å². The molecular weight excluding hydrogens is 238 g/mol. The first-order valence-corrected chi connectivity index (χ1v) is 5.30. The van der Waals surface area contributed by atoms with Crippen LogP contribution in [0.15, 0.2) is 42.6 Å². The lowest BCUT2D eigenvalue weighted by atomic mass is 10.2. The van der Waals surface area contributed by atoms with E-state index < -0.39 is 11.6 Å². The zero-order valence-corrected chi connectivity index (χ0v) is 9.36. The number of nitrogens with one attached hydrogen (secondary N) is 1. The zero-order chi connectivity index (χ0) is 13.0. The highest BCUT2D eigenvalue weighted by Gasteiger charge is 2.07. The lowest BCUT2D eigenvalue weighted by Gasteiger charge is -2.05. The van der Waals surface area contributed by atoms with E-state index in [-0.39, 0.29) is 18.0 Å². The first kappa shape index (κ1) is 12.2. The van der Waals surface area contributed by atoms with E-state index >= 15 is 0 Å². The van der Waals surface area contributed by atoms with Crippen molar-refractivity contribution in [2.24, 2.45) is 0 Å². The summed E-state index contributed by atoms with van der Waals surface area (Å²) >= 11 is 0. The molecule has 0 spiro atoms. The van der Waals surface area contributed by atoms with Gasteiger partial charge in [-0.25, -0.2) is 8.78 Å². The van der Waals surface area contributed by atoms with Crippen LogP contribution >= 0.6 is 0 Å². The summed E-state index contributed by atoms with van der Waals surface area (Å²) in [6.45, 7) is 0. The molecule has 1 heterocycles. The van der Waals surface area contributed by atoms with Gasteiger partial charge in [0.05, 0.1) is 6.42 Å². The fourth-order valence-electron chi connectivity index (χ4n) is 1.45. The van der Waals surface area contributed by atoms with E-state index in [4.69, 9.17) is 0 Å². The third kappa shape index (κ3) is 3.10. The minimum absolute atomic E-state index is 0.0832. The molecule has 5 heteroatoms. The molecule has 1 amide bonds. The van der Waals surface area contributed by atoms with Gasteiger partial charge in [0.1, 0.15) is 0 Å². The van der Waals surface area contributed by atoms with Gasteiger partial charge in [-0.15, -0.1) is 0 Å². The van der Waals surface area contributed by atoms with Crippen LogP contribution in [-0.2, 0) is 11.2 Å². The van der Waals surface area contributed by atoms with Gasteiger partial charge in [-0.05, 0) is 24.3 Å². The summed E-state index contributed by atoms with van der Waals surface area (Å²) in [6, 6.07) is 8.43. The van der Waals surface area contributed by atoms with Gasteiger partial charge in [0.2, 0.25) is 5.91 Å². The number of anilines is 1. The lowest BCUT2D eigenvalue weighted by Crippen LogP contribution is -2.15. The fraction of sp³-hybridized carbons (Fsp3) is 0.0769. The second-order valence-corrected chi connectivity index (χ2v) is 3.67. The summed E-state index contributed by atoms with van der Waals surface area (Å²) in [5.41, 5.74) is 0.826. The number of halogens is 2. The molecule has 92 valence electrons. The Morgan fingerprint density at radius 1 is 1.17 bits per heavy atom. The molecule has 0 aliphatic heterocycles. The molecule has 0 saturated carbocycles. The smallest absolute Gasteiger partial charge is 0.230 e. The Morgan fingerprint density at radius 2 is 2.00 bits per heavy atom. The van der Waals surface area contributed by atoms with Gasteiger partial charge in [0, 0.05) is 23.6 Å². The molecule has 2 aromatic rings. The van der Waals surface area contributed by atoms with Crippen molar-refractivity contribution in [1.29, 1.82) is 0 Å². The summed E-state index contributed by atoms with van der Waals surface area (Å²) in [5, 5.41) is 2.47. The number of amides is 1.